The van der Waals surface area contributed by atoms with E-state index < -0.39 is 10.0 Å². The van der Waals surface area contributed by atoms with Gasteiger partial charge in [0.25, 0.3) is 5.91 Å². The van der Waals surface area contributed by atoms with E-state index in [0.29, 0.717) is 18.7 Å². The first kappa shape index (κ1) is 17.4. The number of benzene rings is 1. The Morgan fingerprint density at radius 1 is 1.21 bits per heavy atom. The number of hydrogen-bond acceptors (Lipinski definition) is 4. The van der Waals surface area contributed by atoms with Crippen LogP contribution >= 0.6 is 0 Å². The van der Waals surface area contributed by atoms with Crippen LogP contribution in [0.5, 0.6) is 0 Å². The largest absolute Gasteiger partial charge is 0.381 e. The van der Waals surface area contributed by atoms with Crippen molar-refractivity contribution in [1.29, 1.82) is 0 Å². The van der Waals surface area contributed by atoms with Crippen molar-refractivity contribution in [2.24, 2.45) is 5.92 Å². The average Bonchev–Trinajstić information content (AvgIpc) is 3.46. The molecule has 7 heteroatoms. The van der Waals surface area contributed by atoms with Gasteiger partial charge in [0.2, 0.25) is 10.0 Å². The van der Waals surface area contributed by atoms with Gasteiger partial charge >= 0.3 is 0 Å². The molecule has 1 aromatic rings. The van der Waals surface area contributed by atoms with E-state index in [4.69, 9.17) is 4.74 Å². The lowest BCUT2D eigenvalue weighted by atomic mass is 10.2. The lowest BCUT2D eigenvalue weighted by molar-refractivity contribution is 0.0937. The fraction of sp³-hybridized carbons (Fsp3) is 0.588. The van der Waals surface area contributed by atoms with E-state index in [-0.39, 0.29) is 16.8 Å². The molecule has 0 spiro atoms. The van der Waals surface area contributed by atoms with Crippen LogP contribution in [-0.4, -0.2) is 40.1 Å². The maximum absolute atomic E-state index is 12.2. The van der Waals surface area contributed by atoms with Crippen LogP contribution in [0.1, 0.15) is 42.5 Å². The van der Waals surface area contributed by atoms with Crippen molar-refractivity contribution < 1.29 is 17.9 Å². The van der Waals surface area contributed by atoms with Crippen molar-refractivity contribution in [2.45, 2.75) is 43.0 Å². The molecular formula is C17H24N2O4S. The molecule has 2 fully saturated rings. The topological polar surface area (TPSA) is 84.5 Å². The third-order valence-electron chi connectivity index (χ3n) is 4.11. The highest BCUT2D eigenvalue weighted by molar-refractivity contribution is 7.89. The number of nitrogens with one attached hydrogen (secondary N) is 2. The molecule has 0 atom stereocenters. The lowest BCUT2D eigenvalue weighted by Gasteiger charge is -2.09. The van der Waals surface area contributed by atoms with Crippen molar-refractivity contribution in [2.75, 3.05) is 19.8 Å². The van der Waals surface area contributed by atoms with Gasteiger partial charge in [-0.3, -0.25) is 4.79 Å². The number of carbonyl (C=O) groups excluding carboxylic acids is 1. The van der Waals surface area contributed by atoms with Crippen LogP contribution in [0.25, 0.3) is 0 Å². The molecule has 1 amide bonds. The van der Waals surface area contributed by atoms with E-state index in [9.17, 15) is 13.2 Å². The molecule has 0 aromatic heterocycles. The highest BCUT2D eigenvalue weighted by Crippen LogP contribution is 2.28. The highest BCUT2D eigenvalue weighted by Gasteiger charge is 2.28. The van der Waals surface area contributed by atoms with Gasteiger partial charge in [0.1, 0.15) is 0 Å². The summed E-state index contributed by atoms with van der Waals surface area (Å²) < 4.78 is 32.5. The third-order valence-corrected chi connectivity index (χ3v) is 5.63. The first-order valence-corrected chi connectivity index (χ1v) is 10.0. The normalized spacial score (nSPS) is 17.7. The second-order valence-corrected chi connectivity index (χ2v) is 8.27. The Bertz CT molecular complexity index is 682. The van der Waals surface area contributed by atoms with E-state index in [2.05, 4.69) is 10.0 Å². The number of ether oxygens (including phenoxy) is 1. The van der Waals surface area contributed by atoms with Gasteiger partial charge < -0.3 is 10.1 Å². The summed E-state index contributed by atoms with van der Waals surface area (Å²) in [4.78, 5) is 12.3. The quantitative estimate of drug-likeness (QED) is 0.628. The molecule has 2 aliphatic carbocycles. The molecule has 1 aromatic carbocycles. The number of amides is 1. The molecule has 3 rings (SSSR count). The fourth-order valence-corrected chi connectivity index (χ4v) is 3.66. The van der Waals surface area contributed by atoms with Gasteiger partial charge in [-0.1, -0.05) is 6.07 Å². The molecule has 0 aliphatic heterocycles. The van der Waals surface area contributed by atoms with Crippen LogP contribution in [0.3, 0.4) is 0 Å². The Hall–Kier alpha value is -1.44. The summed E-state index contributed by atoms with van der Waals surface area (Å²) in [7, 11) is -3.54. The van der Waals surface area contributed by atoms with Crippen LogP contribution in [0.2, 0.25) is 0 Å². The molecule has 2 saturated carbocycles. The second-order valence-electron chi connectivity index (χ2n) is 6.55. The molecule has 6 nitrogen and oxygen atoms in total. The second kappa shape index (κ2) is 7.63. The van der Waals surface area contributed by atoms with Crippen LogP contribution in [-0.2, 0) is 14.8 Å². The molecule has 0 heterocycles. The summed E-state index contributed by atoms with van der Waals surface area (Å²) in [6.07, 6.45) is 5.04. The predicted octanol–water partition coefficient (Wildman–Crippen LogP) is 1.67. The molecular weight excluding hydrogens is 328 g/mol. The van der Waals surface area contributed by atoms with Gasteiger partial charge in [-0.2, -0.15) is 0 Å². The first-order chi connectivity index (χ1) is 11.5. The number of sulfonamides is 1. The minimum atomic E-state index is -3.54. The number of rotatable bonds is 10. The van der Waals surface area contributed by atoms with Gasteiger partial charge in [0, 0.05) is 31.4 Å². The molecule has 0 bridgehead atoms. The highest BCUT2D eigenvalue weighted by atomic mass is 32.2. The fourth-order valence-electron chi connectivity index (χ4n) is 2.31. The Labute approximate surface area is 143 Å². The van der Waals surface area contributed by atoms with Crippen molar-refractivity contribution >= 4 is 15.9 Å². The lowest BCUT2D eigenvalue weighted by Crippen LogP contribution is -2.27. The molecule has 0 saturated heterocycles. The Balaban J connectivity index is 1.46. The Morgan fingerprint density at radius 3 is 2.71 bits per heavy atom. The third kappa shape index (κ3) is 5.29. The monoisotopic (exact) mass is 352 g/mol. The van der Waals surface area contributed by atoms with E-state index in [1.54, 1.807) is 12.1 Å². The molecule has 2 N–H and O–H groups in total. The standard InChI is InChI=1S/C17H24N2O4S/c20-17(18-9-2-10-23-12-13-5-6-13)14-3-1-4-16(11-14)24(21,22)19-15-7-8-15/h1,3-4,11,13,15,19H,2,5-10,12H2,(H,18,20). The van der Waals surface area contributed by atoms with Crippen LogP contribution in [0.4, 0.5) is 0 Å². The van der Waals surface area contributed by atoms with Crippen molar-refractivity contribution in [3.05, 3.63) is 29.8 Å². The van der Waals surface area contributed by atoms with Gasteiger partial charge in [0.15, 0.2) is 0 Å². The number of carbonyl (C=O) groups is 1. The summed E-state index contributed by atoms with van der Waals surface area (Å²) in [5, 5.41) is 2.80. The van der Waals surface area contributed by atoms with Gasteiger partial charge in [0.05, 0.1) is 4.90 Å². The van der Waals surface area contributed by atoms with Gasteiger partial charge in [-0.15, -0.1) is 0 Å². The molecule has 0 radical (unpaired) electrons. The molecule has 0 unspecified atom stereocenters. The van der Waals surface area contributed by atoms with E-state index in [0.717, 1.165) is 31.8 Å². The zero-order valence-corrected chi connectivity index (χ0v) is 14.5. The first-order valence-electron chi connectivity index (χ1n) is 8.53. The summed E-state index contributed by atoms with van der Waals surface area (Å²) in [6, 6.07) is 6.18. The summed E-state index contributed by atoms with van der Waals surface area (Å²) in [6.45, 7) is 1.97. The molecule has 24 heavy (non-hydrogen) atoms. The van der Waals surface area contributed by atoms with Crippen molar-refractivity contribution in [3.63, 3.8) is 0 Å². The van der Waals surface area contributed by atoms with Crippen LogP contribution in [0, 0.1) is 5.92 Å². The van der Waals surface area contributed by atoms with E-state index in [1.165, 1.54) is 25.0 Å². The maximum Gasteiger partial charge on any atom is 0.251 e. The summed E-state index contributed by atoms with van der Waals surface area (Å²) >= 11 is 0. The Kier molecular flexibility index (Phi) is 5.53. The zero-order valence-electron chi connectivity index (χ0n) is 13.7. The van der Waals surface area contributed by atoms with Crippen LogP contribution < -0.4 is 10.0 Å². The van der Waals surface area contributed by atoms with Crippen molar-refractivity contribution in [1.82, 2.24) is 10.0 Å². The summed E-state index contributed by atoms with van der Waals surface area (Å²) in [5.74, 6) is 0.481. The minimum Gasteiger partial charge on any atom is -0.381 e. The van der Waals surface area contributed by atoms with E-state index in [1.807, 2.05) is 0 Å². The number of hydrogen-bond donors (Lipinski definition) is 2. The van der Waals surface area contributed by atoms with E-state index >= 15 is 0 Å². The summed E-state index contributed by atoms with van der Waals surface area (Å²) in [5.41, 5.74) is 0.354. The molecule has 132 valence electrons. The average molecular weight is 352 g/mol. The SMILES string of the molecule is O=C(NCCCOCC1CC1)c1cccc(S(=O)(=O)NC2CC2)c1. The zero-order chi connectivity index (χ0) is 17.0. The maximum atomic E-state index is 12.2. The van der Waals surface area contributed by atoms with Crippen molar-refractivity contribution in [3.8, 4) is 0 Å². The van der Waals surface area contributed by atoms with Gasteiger partial charge in [-0.25, -0.2) is 13.1 Å². The van der Waals surface area contributed by atoms with Gasteiger partial charge in [-0.05, 0) is 56.2 Å². The molecule has 2 aliphatic rings. The predicted molar refractivity (Wildman–Crippen MR) is 90.3 cm³/mol. The smallest absolute Gasteiger partial charge is 0.251 e. The Morgan fingerprint density at radius 2 is 2.00 bits per heavy atom. The van der Waals surface area contributed by atoms with Crippen LogP contribution in [0.15, 0.2) is 29.2 Å². The minimum absolute atomic E-state index is 0.0446.